The summed E-state index contributed by atoms with van der Waals surface area (Å²) in [6.45, 7) is 8.92. The van der Waals surface area contributed by atoms with Gasteiger partial charge in [-0.25, -0.2) is 0 Å². The molecule has 1 aliphatic heterocycles. The number of piperazine rings is 1. The fourth-order valence-electron chi connectivity index (χ4n) is 3.58. The van der Waals surface area contributed by atoms with Crippen molar-refractivity contribution >= 4 is 18.3 Å². The van der Waals surface area contributed by atoms with Gasteiger partial charge in [0.15, 0.2) is 0 Å². The van der Waals surface area contributed by atoms with Crippen LogP contribution >= 0.6 is 12.4 Å². The van der Waals surface area contributed by atoms with Crippen LogP contribution < -0.4 is 5.32 Å². The van der Waals surface area contributed by atoms with E-state index in [1.807, 2.05) is 17.2 Å². The molecule has 0 saturated carbocycles. The van der Waals surface area contributed by atoms with Gasteiger partial charge in [-0.1, -0.05) is 51.1 Å². The number of nitrogens with zero attached hydrogens (tertiary/aromatic N) is 2. The average Bonchev–Trinajstić information content (AvgIpc) is 2.68. The number of pyridine rings is 1. The van der Waals surface area contributed by atoms with E-state index in [0.29, 0.717) is 12.3 Å². The topological polar surface area (TPSA) is 45.2 Å². The first-order chi connectivity index (χ1) is 12.6. The zero-order chi connectivity index (χ0) is 18.5. The van der Waals surface area contributed by atoms with Gasteiger partial charge < -0.3 is 10.2 Å². The van der Waals surface area contributed by atoms with Crippen LogP contribution in [0, 0.1) is 0 Å². The molecule has 2 heterocycles. The Morgan fingerprint density at radius 3 is 2.52 bits per heavy atom. The second kappa shape index (κ2) is 9.86. The van der Waals surface area contributed by atoms with Crippen molar-refractivity contribution in [3.63, 3.8) is 0 Å². The minimum atomic E-state index is 0. The summed E-state index contributed by atoms with van der Waals surface area (Å²) in [5, 5.41) is 3.40. The molecule has 1 fully saturated rings. The van der Waals surface area contributed by atoms with E-state index in [9.17, 15) is 4.79 Å². The van der Waals surface area contributed by atoms with Gasteiger partial charge in [0, 0.05) is 38.4 Å². The molecule has 0 radical (unpaired) electrons. The lowest BCUT2D eigenvalue weighted by molar-refractivity contribution is -0.134. The molecule has 2 unspecified atom stereocenters. The van der Waals surface area contributed by atoms with Crippen LogP contribution in [0.5, 0.6) is 0 Å². The summed E-state index contributed by atoms with van der Waals surface area (Å²) in [5.74, 6) is 0.969. The van der Waals surface area contributed by atoms with Crippen LogP contribution in [0.4, 0.5) is 0 Å². The molecule has 1 N–H and O–H groups in total. The van der Waals surface area contributed by atoms with Crippen molar-refractivity contribution in [1.82, 2.24) is 15.2 Å². The highest BCUT2D eigenvalue weighted by Crippen LogP contribution is 2.27. The summed E-state index contributed by atoms with van der Waals surface area (Å²) in [7, 11) is 0. The van der Waals surface area contributed by atoms with Crippen LogP contribution in [0.1, 0.15) is 61.8 Å². The number of carbonyl (C=O) groups excluding carboxylic acids is 1. The fourth-order valence-corrected chi connectivity index (χ4v) is 3.58. The number of hydrogen-bond acceptors (Lipinski definition) is 3. The number of nitrogens with one attached hydrogen (secondary N) is 1. The van der Waals surface area contributed by atoms with Gasteiger partial charge in [0.1, 0.15) is 0 Å². The second-order valence-corrected chi connectivity index (χ2v) is 7.52. The zero-order valence-electron chi connectivity index (χ0n) is 16.4. The van der Waals surface area contributed by atoms with E-state index in [4.69, 9.17) is 0 Å². The van der Waals surface area contributed by atoms with Crippen molar-refractivity contribution in [3.05, 3.63) is 65.5 Å². The summed E-state index contributed by atoms with van der Waals surface area (Å²) >= 11 is 0. The van der Waals surface area contributed by atoms with E-state index >= 15 is 0 Å². The number of aromatic nitrogens is 1. The van der Waals surface area contributed by atoms with Gasteiger partial charge in [0.25, 0.3) is 0 Å². The molecule has 0 spiro atoms. The molecule has 1 aromatic heterocycles. The van der Waals surface area contributed by atoms with Gasteiger partial charge in [0.05, 0.1) is 6.04 Å². The fraction of sp³-hybridized carbons (Fsp3) is 0.455. The van der Waals surface area contributed by atoms with Crippen molar-refractivity contribution < 1.29 is 4.79 Å². The lowest BCUT2D eigenvalue weighted by atomic mass is 9.93. The van der Waals surface area contributed by atoms with E-state index in [1.165, 1.54) is 11.1 Å². The largest absolute Gasteiger partial charge is 0.333 e. The van der Waals surface area contributed by atoms with E-state index < -0.39 is 0 Å². The number of amides is 1. The Balaban J connectivity index is 0.00000261. The van der Waals surface area contributed by atoms with E-state index in [0.717, 1.165) is 25.2 Å². The Hall–Kier alpha value is -1.91. The molecule has 27 heavy (non-hydrogen) atoms. The molecule has 0 aliphatic carbocycles. The Morgan fingerprint density at radius 2 is 1.89 bits per heavy atom. The molecule has 2 aromatic rings. The molecule has 0 bridgehead atoms. The smallest absolute Gasteiger partial charge is 0.223 e. The molecule has 3 rings (SSSR count). The van der Waals surface area contributed by atoms with E-state index in [2.05, 4.69) is 61.4 Å². The van der Waals surface area contributed by atoms with Gasteiger partial charge in [-0.3, -0.25) is 9.78 Å². The average molecular weight is 388 g/mol. The normalized spacial score (nSPS) is 18.1. The monoisotopic (exact) mass is 387 g/mol. The van der Waals surface area contributed by atoms with Crippen LogP contribution in [0.15, 0.2) is 48.8 Å². The molecule has 1 aliphatic rings. The van der Waals surface area contributed by atoms with Crippen molar-refractivity contribution in [2.75, 3.05) is 19.6 Å². The summed E-state index contributed by atoms with van der Waals surface area (Å²) in [5.41, 5.74) is 3.67. The SMILES string of the molecule is CC(C)c1ccc(C(C)CC(=O)N2CCNCC2c2cccnc2)cc1.Cl. The predicted octanol–water partition coefficient (Wildman–Crippen LogP) is 4.29. The predicted molar refractivity (Wildman–Crippen MR) is 112 cm³/mol. The number of benzene rings is 1. The van der Waals surface area contributed by atoms with Gasteiger partial charge >= 0.3 is 0 Å². The third-order valence-electron chi connectivity index (χ3n) is 5.29. The quantitative estimate of drug-likeness (QED) is 0.832. The minimum Gasteiger partial charge on any atom is -0.333 e. The molecule has 146 valence electrons. The Labute approximate surface area is 168 Å². The molecule has 1 saturated heterocycles. The van der Waals surface area contributed by atoms with Crippen molar-refractivity contribution in [2.45, 2.75) is 45.1 Å². The zero-order valence-corrected chi connectivity index (χ0v) is 17.2. The van der Waals surface area contributed by atoms with Crippen molar-refractivity contribution in [2.24, 2.45) is 0 Å². The molecule has 1 aromatic carbocycles. The Kier molecular flexibility index (Phi) is 7.81. The first-order valence-corrected chi connectivity index (χ1v) is 9.56. The number of carbonyl (C=O) groups is 1. The number of rotatable bonds is 5. The summed E-state index contributed by atoms with van der Waals surface area (Å²) < 4.78 is 0. The summed E-state index contributed by atoms with van der Waals surface area (Å²) in [4.78, 5) is 19.3. The van der Waals surface area contributed by atoms with Crippen molar-refractivity contribution in [3.8, 4) is 0 Å². The maximum absolute atomic E-state index is 13.0. The van der Waals surface area contributed by atoms with Crippen LogP contribution in [-0.4, -0.2) is 35.4 Å². The Bertz CT molecular complexity index is 718. The van der Waals surface area contributed by atoms with E-state index in [1.54, 1.807) is 6.20 Å². The van der Waals surface area contributed by atoms with Gasteiger partial charge in [-0.2, -0.15) is 0 Å². The molecular formula is C22H30ClN3O. The van der Waals surface area contributed by atoms with Crippen LogP contribution in [0.25, 0.3) is 0 Å². The molecule has 5 heteroatoms. The maximum atomic E-state index is 13.0. The van der Waals surface area contributed by atoms with Crippen molar-refractivity contribution in [1.29, 1.82) is 0 Å². The summed E-state index contributed by atoms with van der Waals surface area (Å²) in [6.07, 6.45) is 4.18. The highest BCUT2D eigenvalue weighted by atomic mass is 35.5. The molecule has 4 nitrogen and oxygen atoms in total. The molecule has 2 atom stereocenters. The summed E-state index contributed by atoms with van der Waals surface area (Å²) in [6, 6.07) is 12.8. The van der Waals surface area contributed by atoms with Gasteiger partial charge in [-0.15, -0.1) is 12.4 Å². The third-order valence-corrected chi connectivity index (χ3v) is 5.29. The second-order valence-electron chi connectivity index (χ2n) is 7.52. The first-order valence-electron chi connectivity index (χ1n) is 9.56. The highest BCUT2D eigenvalue weighted by Gasteiger charge is 2.28. The highest BCUT2D eigenvalue weighted by molar-refractivity contribution is 5.85. The standard InChI is InChI=1S/C22H29N3O.ClH/c1-16(2)18-6-8-19(9-7-18)17(3)13-22(26)25-12-11-24-15-21(25)20-5-4-10-23-14-20;/h4-10,14,16-17,21,24H,11-13,15H2,1-3H3;1H. The number of halogens is 1. The maximum Gasteiger partial charge on any atom is 0.223 e. The van der Waals surface area contributed by atoms with Gasteiger partial charge in [-0.05, 0) is 34.6 Å². The third kappa shape index (κ3) is 5.30. The lowest BCUT2D eigenvalue weighted by Crippen LogP contribution is -2.48. The first kappa shape index (κ1) is 21.4. The lowest BCUT2D eigenvalue weighted by Gasteiger charge is -2.37. The van der Waals surface area contributed by atoms with Crippen LogP contribution in [-0.2, 0) is 4.79 Å². The Morgan fingerprint density at radius 1 is 1.19 bits per heavy atom. The van der Waals surface area contributed by atoms with Crippen LogP contribution in [0.2, 0.25) is 0 Å². The van der Waals surface area contributed by atoms with Crippen LogP contribution in [0.3, 0.4) is 0 Å². The van der Waals surface area contributed by atoms with E-state index in [-0.39, 0.29) is 30.3 Å². The number of hydrogen-bond donors (Lipinski definition) is 1. The van der Waals surface area contributed by atoms with Gasteiger partial charge in [0.2, 0.25) is 5.91 Å². The molecular weight excluding hydrogens is 358 g/mol. The minimum absolute atomic E-state index is 0. The molecule has 1 amide bonds.